The predicted molar refractivity (Wildman–Crippen MR) is 66.3 cm³/mol. The van der Waals surface area contributed by atoms with Crippen molar-refractivity contribution in [2.45, 2.75) is 19.4 Å². The Hall–Kier alpha value is -1.56. The highest BCUT2D eigenvalue weighted by Gasteiger charge is 2.16. The summed E-state index contributed by atoms with van der Waals surface area (Å²) in [4.78, 5) is 24.8. The van der Waals surface area contributed by atoms with E-state index in [2.05, 4.69) is 5.32 Å². The summed E-state index contributed by atoms with van der Waals surface area (Å²) in [7, 11) is 1.65. The average molecular weight is 256 g/mol. The first-order valence-corrected chi connectivity index (χ1v) is 6.15. The Morgan fingerprint density at radius 1 is 1.59 bits per heavy atom. The van der Waals surface area contributed by atoms with Gasteiger partial charge in [0.25, 0.3) is 0 Å². The molecule has 0 bridgehead atoms. The lowest BCUT2D eigenvalue weighted by molar-refractivity contribution is -0.138. The molecule has 1 aromatic rings. The van der Waals surface area contributed by atoms with Crippen LogP contribution in [-0.4, -0.2) is 41.6 Å². The van der Waals surface area contributed by atoms with Crippen LogP contribution >= 0.6 is 11.3 Å². The van der Waals surface area contributed by atoms with Gasteiger partial charge in [-0.3, -0.25) is 4.79 Å². The normalized spacial score (nSPS) is 11.9. The highest BCUT2D eigenvalue weighted by molar-refractivity contribution is 7.09. The van der Waals surface area contributed by atoms with Crippen LogP contribution in [0.15, 0.2) is 17.5 Å². The summed E-state index contributed by atoms with van der Waals surface area (Å²) in [5.74, 6) is -1.04. The molecule has 0 spiro atoms. The van der Waals surface area contributed by atoms with Crippen molar-refractivity contribution in [2.24, 2.45) is 0 Å². The number of hydrogen-bond acceptors (Lipinski definition) is 3. The first-order chi connectivity index (χ1) is 8.00. The standard InChI is InChI=1S/C11H16N2O3S/c1-8(10(14)15)12-11(16)13(2)6-5-9-4-3-7-17-9/h3-4,7-8H,5-6H2,1-2H3,(H,12,16)(H,14,15)/t8-/m0/s1. The molecule has 0 aliphatic rings. The molecule has 6 heteroatoms. The SMILES string of the molecule is C[C@H](NC(=O)N(C)CCc1cccs1)C(=O)O. The molecule has 1 atom stereocenters. The van der Waals surface area contributed by atoms with Crippen LogP contribution < -0.4 is 5.32 Å². The number of carbonyl (C=O) groups excluding carboxylic acids is 1. The Labute approximate surface area is 104 Å². The third kappa shape index (κ3) is 4.44. The number of nitrogens with one attached hydrogen (secondary N) is 1. The average Bonchev–Trinajstić information content (AvgIpc) is 2.78. The number of urea groups is 1. The number of amides is 2. The Morgan fingerprint density at radius 2 is 2.29 bits per heavy atom. The highest BCUT2D eigenvalue weighted by Crippen LogP contribution is 2.09. The smallest absolute Gasteiger partial charge is 0.325 e. The van der Waals surface area contributed by atoms with Crippen LogP contribution in [0.1, 0.15) is 11.8 Å². The second-order valence-electron chi connectivity index (χ2n) is 3.76. The van der Waals surface area contributed by atoms with E-state index in [9.17, 15) is 9.59 Å². The van der Waals surface area contributed by atoms with E-state index in [0.29, 0.717) is 6.54 Å². The minimum absolute atomic E-state index is 0.364. The fourth-order valence-electron chi connectivity index (χ4n) is 1.19. The van der Waals surface area contributed by atoms with Crippen LogP contribution in [0, 0.1) is 0 Å². The summed E-state index contributed by atoms with van der Waals surface area (Å²) < 4.78 is 0. The number of carbonyl (C=O) groups is 2. The molecule has 2 N–H and O–H groups in total. The van der Waals surface area contributed by atoms with Gasteiger partial charge in [0.2, 0.25) is 0 Å². The molecule has 0 fully saturated rings. The zero-order valence-electron chi connectivity index (χ0n) is 9.84. The van der Waals surface area contributed by atoms with Crippen molar-refractivity contribution < 1.29 is 14.7 Å². The first kappa shape index (κ1) is 13.5. The number of thiophene rings is 1. The van der Waals surface area contributed by atoms with E-state index in [0.717, 1.165) is 6.42 Å². The van der Waals surface area contributed by atoms with Crippen molar-refractivity contribution in [3.8, 4) is 0 Å². The number of aliphatic carboxylic acids is 1. The maximum absolute atomic E-state index is 11.6. The van der Waals surface area contributed by atoms with Crippen molar-refractivity contribution in [3.05, 3.63) is 22.4 Å². The number of carboxylic acids is 1. The molecular formula is C11H16N2O3S. The van der Waals surface area contributed by atoms with E-state index in [1.807, 2.05) is 17.5 Å². The van der Waals surface area contributed by atoms with Gasteiger partial charge in [-0.05, 0) is 24.8 Å². The lowest BCUT2D eigenvalue weighted by Crippen LogP contribution is -2.45. The molecule has 1 heterocycles. The number of likely N-dealkylation sites (N-methyl/N-ethyl adjacent to an activating group) is 1. The maximum atomic E-state index is 11.6. The quantitative estimate of drug-likeness (QED) is 0.836. The summed E-state index contributed by atoms with van der Waals surface area (Å²) in [5, 5.41) is 13.0. The summed E-state index contributed by atoms with van der Waals surface area (Å²) in [6, 6.07) is 2.74. The first-order valence-electron chi connectivity index (χ1n) is 5.27. The molecule has 5 nitrogen and oxygen atoms in total. The lowest BCUT2D eigenvalue weighted by atomic mass is 10.3. The van der Waals surface area contributed by atoms with Gasteiger partial charge in [-0.25, -0.2) is 4.79 Å². The molecule has 1 rings (SSSR count). The van der Waals surface area contributed by atoms with Gasteiger partial charge in [0.05, 0.1) is 0 Å². The molecule has 1 aromatic heterocycles. The van der Waals surface area contributed by atoms with Crippen molar-refractivity contribution in [1.29, 1.82) is 0 Å². The van der Waals surface area contributed by atoms with Crippen molar-refractivity contribution in [2.75, 3.05) is 13.6 Å². The van der Waals surface area contributed by atoms with Gasteiger partial charge in [0, 0.05) is 18.5 Å². The minimum Gasteiger partial charge on any atom is -0.480 e. The van der Waals surface area contributed by atoms with Crippen molar-refractivity contribution in [1.82, 2.24) is 10.2 Å². The van der Waals surface area contributed by atoms with Gasteiger partial charge in [-0.1, -0.05) is 6.07 Å². The highest BCUT2D eigenvalue weighted by atomic mass is 32.1. The fraction of sp³-hybridized carbons (Fsp3) is 0.455. The predicted octanol–water partition coefficient (Wildman–Crippen LogP) is 1.41. The molecule has 0 aliphatic heterocycles. The molecule has 0 radical (unpaired) electrons. The van der Waals surface area contributed by atoms with Gasteiger partial charge in [-0.15, -0.1) is 11.3 Å². The third-order valence-electron chi connectivity index (χ3n) is 2.33. The second-order valence-corrected chi connectivity index (χ2v) is 4.79. The van der Waals surface area contributed by atoms with Crippen LogP contribution in [0.25, 0.3) is 0 Å². The molecule has 2 amide bonds. The Balaban J connectivity index is 2.34. The van der Waals surface area contributed by atoms with Crippen LogP contribution in [-0.2, 0) is 11.2 Å². The van der Waals surface area contributed by atoms with E-state index >= 15 is 0 Å². The minimum atomic E-state index is -1.04. The molecule has 0 saturated heterocycles. The maximum Gasteiger partial charge on any atom is 0.325 e. The summed E-state index contributed by atoms with van der Waals surface area (Å²) in [6.07, 6.45) is 0.781. The van der Waals surface area contributed by atoms with Crippen molar-refractivity contribution >= 4 is 23.3 Å². The van der Waals surface area contributed by atoms with E-state index in [4.69, 9.17) is 5.11 Å². The van der Waals surface area contributed by atoms with Gasteiger partial charge in [-0.2, -0.15) is 0 Å². The molecule has 0 unspecified atom stereocenters. The molecule has 94 valence electrons. The van der Waals surface area contributed by atoms with Crippen LogP contribution in [0.4, 0.5) is 4.79 Å². The Kier molecular flexibility index (Phi) is 4.96. The van der Waals surface area contributed by atoms with Gasteiger partial charge >= 0.3 is 12.0 Å². The number of hydrogen-bond donors (Lipinski definition) is 2. The summed E-state index contributed by atoms with van der Waals surface area (Å²) >= 11 is 1.64. The van der Waals surface area contributed by atoms with Gasteiger partial charge in [0.15, 0.2) is 0 Å². The largest absolute Gasteiger partial charge is 0.480 e. The van der Waals surface area contributed by atoms with Gasteiger partial charge < -0.3 is 15.3 Å². The second kappa shape index (κ2) is 6.24. The fourth-order valence-corrected chi connectivity index (χ4v) is 1.89. The Morgan fingerprint density at radius 3 is 2.82 bits per heavy atom. The van der Waals surface area contributed by atoms with E-state index in [1.54, 1.807) is 18.4 Å². The Bertz CT molecular complexity index is 378. The van der Waals surface area contributed by atoms with Gasteiger partial charge in [0.1, 0.15) is 6.04 Å². The summed E-state index contributed by atoms with van der Waals surface area (Å²) in [6.45, 7) is 2.01. The molecule has 0 saturated carbocycles. The molecule has 17 heavy (non-hydrogen) atoms. The van der Waals surface area contributed by atoms with Crippen LogP contribution in [0.3, 0.4) is 0 Å². The van der Waals surface area contributed by atoms with E-state index in [-0.39, 0.29) is 6.03 Å². The molecular weight excluding hydrogens is 240 g/mol. The van der Waals surface area contributed by atoms with Crippen LogP contribution in [0.5, 0.6) is 0 Å². The topological polar surface area (TPSA) is 69.6 Å². The van der Waals surface area contributed by atoms with E-state index in [1.165, 1.54) is 16.7 Å². The zero-order valence-corrected chi connectivity index (χ0v) is 10.7. The van der Waals surface area contributed by atoms with E-state index < -0.39 is 12.0 Å². The number of nitrogens with zero attached hydrogens (tertiary/aromatic N) is 1. The molecule has 0 aromatic carbocycles. The zero-order chi connectivity index (χ0) is 12.8. The van der Waals surface area contributed by atoms with Crippen LogP contribution in [0.2, 0.25) is 0 Å². The lowest BCUT2D eigenvalue weighted by Gasteiger charge is -2.19. The third-order valence-corrected chi connectivity index (χ3v) is 3.27. The number of carboxylic acid groups (broad SMARTS) is 1. The summed E-state index contributed by atoms with van der Waals surface area (Å²) in [5.41, 5.74) is 0. The van der Waals surface area contributed by atoms with Crippen molar-refractivity contribution in [3.63, 3.8) is 0 Å². The monoisotopic (exact) mass is 256 g/mol. The number of rotatable bonds is 5. The molecule has 0 aliphatic carbocycles.